The van der Waals surface area contributed by atoms with Crippen LogP contribution in [-0.2, 0) is 0 Å². The third-order valence-electron chi connectivity index (χ3n) is 2.67. The summed E-state index contributed by atoms with van der Waals surface area (Å²) in [6.45, 7) is 1.98. The van der Waals surface area contributed by atoms with E-state index in [4.69, 9.17) is 11.5 Å². The Balaban J connectivity index is 2.35. The average Bonchev–Trinajstić information content (AvgIpc) is 2.71. The maximum Gasteiger partial charge on any atom is 0.271 e. The van der Waals surface area contributed by atoms with Gasteiger partial charge in [0.2, 0.25) is 0 Å². The highest BCUT2D eigenvalue weighted by Crippen LogP contribution is 2.19. The van der Waals surface area contributed by atoms with E-state index in [9.17, 15) is 4.79 Å². The molecule has 2 aromatic rings. The number of hydrogen-bond donors (Lipinski definition) is 2. The van der Waals surface area contributed by atoms with Gasteiger partial charge in [-0.15, -0.1) is 0 Å². The van der Waals surface area contributed by atoms with Crippen molar-refractivity contribution in [1.82, 2.24) is 9.78 Å². The average molecular weight is 230 g/mol. The van der Waals surface area contributed by atoms with Crippen LogP contribution in [0.2, 0.25) is 0 Å². The molecular formula is C12H14N4O. The Bertz CT molecular complexity index is 533. The summed E-state index contributed by atoms with van der Waals surface area (Å²) in [5.41, 5.74) is 12.4. The number of amides is 1. The lowest BCUT2D eigenvalue weighted by Gasteiger charge is -2.11. The Hall–Kier alpha value is -2.30. The van der Waals surface area contributed by atoms with Crippen molar-refractivity contribution in [3.63, 3.8) is 0 Å². The first-order chi connectivity index (χ1) is 8.09. The summed E-state index contributed by atoms with van der Waals surface area (Å²) in [7, 11) is 0. The minimum absolute atomic E-state index is 0.00611. The number of rotatable bonds is 3. The third-order valence-corrected chi connectivity index (χ3v) is 2.67. The summed E-state index contributed by atoms with van der Waals surface area (Å²) >= 11 is 0. The van der Waals surface area contributed by atoms with Crippen LogP contribution < -0.4 is 11.5 Å². The first-order valence-electron chi connectivity index (χ1n) is 5.29. The van der Waals surface area contributed by atoms with Gasteiger partial charge in [0, 0.05) is 6.20 Å². The van der Waals surface area contributed by atoms with Crippen LogP contribution in [0.4, 0.5) is 5.69 Å². The minimum Gasteiger partial charge on any atom is -0.396 e. The number of primary amides is 1. The second-order valence-electron chi connectivity index (χ2n) is 3.86. The van der Waals surface area contributed by atoms with E-state index in [-0.39, 0.29) is 11.7 Å². The molecule has 88 valence electrons. The molecule has 1 aromatic carbocycles. The van der Waals surface area contributed by atoms with E-state index in [0.717, 1.165) is 5.56 Å². The molecule has 1 aromatic heterocycles. The zero-order valence-electron chi connectivity index (χ0n) is 9.50. The Morgan fingerprint density at radius 3 is 2.53 bits per heavy atom. The van der Waals surface area contributed by atoms with E-state index in [2.05, 4.69) is 5.10 Å². The first-order valence-corrected chi connectivity index (χ1v) is 5.29. The normalized spacial score (nSPS) is 12.3. The Morgan fingerprint density at radius 2 is 2.00 bits per heavy atom. The summed E-state index contributed by atoms with van der Waals surface area (Å²) in [6, 6.07) is 9.84. The maximum atomic E-state index is 11.1. The summed E-state index contributed by atoms with van der Waals surface area (Å²) in [6.07, 6.45) is 1.62. The van der Waals surface area contributed by atoms with Gasteiger partial charge in [-0.2, -0.15) is 5.10 Å². The van der Waals surface area contributed by atoms with Gasteiger partial charge < -0.3 is 11.5 Å². The van der Waals surface area contributed by atoms with Crippen LogP contribution >= 0.6 is 0 Å². The zero-order valence-corrected chi connectivity index (χ0v) is 9.50. The Labute approximate surface area is 99.0 Å². The van der Waals surface area contributed by atoms with E-state index in [1.807, 2.05) is 37.3 Å². The highest BCUT2D eigenvalue weighted by Gasteiger charge is 2.15. The van der Waals surface area contributed by atoms with E-state index >= 15 is 0 Å². The van der Waals surface area contributed by atoms with Gasteiger partial charge in [-0.25, -0.2) is 0 Å². The highest BCUT2D eigenvalue weighted by atomic mass is 16.1. The lowest BCUT2D eigenvalue weighted by molar-refractivity contribution is 0.0995. The third kappa shape index (κ3) is 2.13. The minimum atomic E-state index is -0.610. The number of nitrogen functional groups attached to an aromatic ring is 1. The van der Waals surface area contributed by atoms with Crippen molar-refractivity contribution in [2.24, 2.45) is 5.73 Å². The smallest absolute Gasteiger partial charge is 0.271 e. The van der Waals surface area contributed by atoms with Crippen molar-refractivity contribution in [3.05, 3.63) is 47.8 Å². The second-order valence-corrected chi connectivity index (χ2v) is 3.86. The molecule has 5 heteroatoms. The first kappa shape index (κ1) is 11.2. The lowest BCUT2D eigenvalue weighted by atomic mass is 10.1. The van der Waals surface area contributed by atoms with Crippen LogP contribution in [0.1, 0.15) is 29.0 Å². The van der Waals surface area contributed by atoms with Crippen LogP contribution in [0.5, 0.6) is 0 Å². The topological polar surface area (TPSA) is 86.9 Å². The SMILES string of the molecule is CC(c1ccccc1)n1cc(N)c(C(N)=O)n1. The quantitative estimate of drug-likeness (QED) is 0.829. The fourth-order valence-corrected chi connectivity index (χ4v) is 1.68. The molecule has 2 rings (SSSR count). The summed E-state index contributed by atoms with van der Waals surface area (Å²) < 4.78 is 1.64. The fourth-order valence-electron chi connectivity index (χ4n) is 1.68. The number of anilines is 1. The van der Waals surface area contributed by atoms with Crippen molar-refractivity contribution < 1.29 is 4.79 Å². The molecule has 0 saturated heterocycles. The monoisotopic (exact) mass is 230 g/mol. The molecule has 0 aliphatic rings. The number of carbonyl (C=O) groups excluding carboxylic acids is 1. The van der Waals surface area contributed by atoms with Crippen LogP contribution in [0.3, 0.4) is 0 Å². The molecule has 4 N–H and O–H groups in total. The predicted octanol–water partition coefficient (Wildman–Crippen LogP) is 1.17. The molecule has 17 heavy (non-hydrogen) atoms. The van der Waals surface area contributed by atoms with Crippen molar-refractivity contribution in [1.29, 1.82) is 0 Å². The van der Waals surface area contributed by atoms with Crippen LogP contribution in [0.25, 0.3) is 0 Å². The number of nitrogens with zero attached hydrogens (tertiary/aromatic N) is 2. The van der Waals surface area contributed by atoms with E-state index < -0.39 is 5.91 Å². The number of hydrogen-bond acceptors (Lipinski definition) is 3. The van der Waals surface area contributed by atoms with Gasteiger partial charge >= 0.3 is 0 Å². The number of carbonyl (C=O) groups is 1. The molecule has 0 spiro atoms. The lowest BCUT2D eigenvalue weighted by Crippen LogP contribution is -2.15. The van der Waals surface area contributed by atoms with Crippen LogP contribution in [-0.4, -0.2) is 15.7 Å². The molecule has 0 fully saturated rings. The molecule has 0 bridgehead atoms. The summed E-state index contributed by atoms with van der Waals surface area (Å²) in [5.74, 6) is -0.610. The van der Waals surface area contributed by atoms with Crippen LogP contribution in [0, 0.1) is 0 Å². The largest absolute Gasteiger partial charge is 0.396 e. The Morgan fingerprint density at radius 1 is 1.35 bits per heavy atom. The summed E-state index contributed by atoms with van der Waals surface area (Å²) in [5, 5.41) is 4.10. The van der Waals surface area contributed by atoms with Crippen molar-refractivity contribution in [2.45, 2.75) is 13.0 Å². The zero-order chi connectivity index (χ0) is 12.4. The van der Waals surface area contributed by atoms with E-state index in [1.54, 1.807) is 10.9 Å². The molecule has 0 saturated carbocycles. The van der Waals surface area contributed by atoms with Crippen molar-refractivity contribution in [2.75, 3.05) is 5.73 Å². The van der Waals surface area contributed by atoms with Gasteiger partial charge in [-0.05, 0) is 12.5 Å². The van der Waals surface area contributed by atoms with Gasteiger partial charge in [0.1, 0.15) is 0 Å². The van der Waals surface area contributed by atoms with E-state index in [1.165, 1.54) is 0 Å². The van der Waals surface area contributed by atoms with Gasteiger partial charge in [-0.1, -0.05) is 30.3 Å². The molecule has 0 radical (unpaired) electrons. The van der Waals surface area contributed by atoms with Crippen molar-refractivity contribution >= 4 is 11.6 Å². The molecule has 0 aliphatic heterocycles. The Kier molecular flexibility index (Phi) is 2.82. The standard InChI is InChI=1S/C12H14N4O/c1-8(9-5-3-2-4-6-9)16-7-10(13)11(15-16)12(14)17/h2-8H,13H2,1H3,(H2,14,17). The molecule has 1 atom stereocenters. The summed E-state index contributed by atoms with van der Waals surface area (Å²) in [4.78, 5) is 11.1. The fraction of sp³-hybridized carbons (Fsp3) is 0.167. The molecule has 0 aliphatic carbocycles. The highest BCUT2D eigenvalue weighted by molar-refractivity contribution is 5.95. The number of aromatic nitrogens is 2. The second kappa shape index (κ2) is 4.29. The maximum absolute atomic E-state index is 11.1. The van der Waals surface area contributed by atoms with Gasteiger partial charge in [-0.3, -0.25) is 9.48 Å². The molecular weight excluding hydrogens is 216 g/mol. The number of nitrogens with two attached hydrogens (primary N) is 2. The predicted molar refractivity (Wildman–Crippen MR) is 65.4 cm³/mol. The molecule has 1 heterocycles. The number of benzene rings is 1. The molecule has 1 amide bonds. The van der Waals surface area contributed by atoms with Gasteiger partial charge in [0.05, 0.1) is 11.7 Å². The van der Waals surface area contributed by atoms with Gasteiger partial charge in [0.15, 0.2) is 5.69 Å². The van der Waals surface area contributed by atoms with E-state index in [0.29, 0.717) is 5.69 Å². The van der Waals surface area contributed by atoms with Crippen molar-refractivity contribution in [3.8, 4) is 0 Å². The molecule has 1 unspecified atom stereocenters. The molecule has 5 nitrogen and oxygen atoms in total. The van der Waals surface area contributed by atoms with Crippen LogP contribution in [0.15, 0.2) is 36.5 Å². The van der Waals surface area contributed by atoms with Gasteiger partial charge in [0.25, 0.3) is 5.91 Å².